The van der Waals surface area contributed by atoms with E-state index in [1.165, 1.54) is 0 Å². The maximum absolute atomic E-state index is 9.29. The summed E-state index contributed by atoms with van der Waals surface area (Å²) >= 11 is 3.42. The molecule has 5 heteroatoms. The first-order valence-electron chi connectivity index (χ1n) is 2.61. The van der Waals surface area contributed by atoms with Crippen LogP contribution in [0.3, 0.4) is 0 Å². The van der Waals surface area contributed by atoms with Crippen LogP contribution in [0.15, 0.2) is 0 Å². The van der Waals surface area contributed by atoms with E-state index in [2.05, 4.69) is 17.4 Å². The Morgan fingerprint density at radius 2 is 2.10 bits per heavy atom. The van der Waals surface area contributed by atoms with Gasteiger partial charge in [-0.2, -0.15) is 12.6 Å². The van der Waals surface area contributed by atoms with Crippen LogP contribution in [0.4, 0.5) is 0 Å². The summed E-state index contributed by atoms with van der Waals surface area (Å²) in [5, 5.41) is 15.6. The summed E-state index contributed by atoms with van der Waals surface area (Å²) < 4.78 is 4.44. The summed E-state index contributed by atoms with van der Waals surface area (Å²) in [6, 6.07) is 0. The molecule has 0 aromatic rings. The molecule has 0 saturated carbocycles. The molecule has 62 valence electrons. The van der Waals surface area contributed by atoms with Gasteiger partial charge in [0.2, 0.25) is 0 Å². The van der Waals surface area contributed by atoms with Gasteiger partial charge in [-0.1, -0.05) is 0 Å². The monoisotopic (exact) mass is 168 g/mol. The molecule has 0 amide bonds. The average Bonchev–Trinajstić information content (AvgIpc) is 1.91. The summed E-state index contributed by atoms with van der Waals surface area (Å²) in [6.07, 6.45) is 0. The Kier molecular flexibility index (Phi) is 14.3. The number of aliphatic carboxylic acids is 1. The smallest absolute Gasteiger partial charge is 0.313 e. The van der Waals surface area contributed by atoms with Crippen molar-refractivity contribution in [2.24, 2.45) is 0 Å². The number of aliphatic hydroxyl groups is 1. The standard InChI is InChI=1S/C3H8O2.C2H4O2S/c1-5-3-2-4;3-2(4)1-5/h4H,2-3H2,1H3;5H,1H2,(H,3,4). The van der Waals surface area contributed by atoms with Crippen molar-refractivity contribution >= 4 is 18.6 Å². The lowest BCUT2D eigenvalue weighted by atomic mass is 10.8. The van der Waals surface area contributed by atoms with E-state index in [0.717, 1.165) is 0 Å². The second-order valence-corrected chi connectivity index (χ2v) is 1.58. The van der Waals surface area contributed by atoms with Crippen molar-refractivity contribution in [1.82, 2.24) is 0 Å². The number of rotatable bonds is 3. The van der Waals surface area contributed by atoms with Crippen molar-refractivity contribution in [2.75, 3.05) is 26.1 Å². The second-order valence-electron chi connectivity index (χ2n) is 1.27. The highest BCUT2D eigenvalue weighted by atomic mass is 32.1. The number of carboxylic acids is 1. The van der Waals surface area contributed by atoms with E-state index in [1.807, 2.05) is 0 Å². The molecular formula is C5H12O4S. The third-order valence-corrected chi connectivity index (χ3v) is 0.701. The summed E-state index contributed by atoms with van der Waals surface area (Å²) in [6.45, 7) is 0.566. The third-order valence-electron chi connectivity index (χ3n) is 0.431. The average molecular weight is 168 g/mol. The Labute approximate surface area is 65.2 Å². The van der Waals surface area contributed by atoms with Gasteiger partial charge in [-0.25, -0.2) is 0 Å². The van der Waals surface area contributed by atoms with E-state index in [0.29, 0.717) is 6.61 Å². The number of carboxylic acid groups (broad SMARTS) is 1. The van der Waals surface area contributed by atoms with Crippen LogP contribution in [0.2, 0.25) is 0 Å². The van der Waals surface area contributed by atoms with E-state index in [4.69, 9.17) is 10.2 Å². The van der Waals surface area contributed by atoms with Crippen LogP contribution in [-0.2, 0) is 9.53 Å². The largest absolute Gasteiger partial charge is 0.481 e. The van der Waals surface area contributed by atoms with Crippen LogP contribution < -0.4 is 0 Å². The molecule has 0 aliphatic rings. The summed E-state index contributed by atoms with van der Waals surface area (Å²) in [5.74, 6) is -0.965. The molecule has 4 nitrogen and oxygen atoms in total. The molecule has 0 bridgehead atoms. The molecule has 0 unspecified atom stereocenters. The fourth-order valence-electron chi connectivity index (χ4n) is 0.0913. The number of ether oxygens (including phenoxy) is 1. The minimum Gasteiger partial charge on any atom is -0.481 e. The fourth-order valence-corrected chi connectivity index (χ4v) is 0.0913. The van der Waals surface area contributed by atoms with E-state index in [-0.39, 0.29) is 12.4 Å². The first kappa shape index (κ1) is 12.4. The van der Waals surface area contributed by atoms with E-state index in [9.17, 15) is 4.79 Å². The zero-order valence-corrected chi connectivity index (χ0v) is 6.67. The van der Waals surface area contributed by atoms with Crippen LogP contribution >= 0.6 is 12.6 Å². The van der Waals surface area contributed by atoms with Gasteiger partial charge in [0.25, 0.3) is 0 Å². The molecule has 10 heavy (non-hydrogen) atoms. The van der Waals surface area contributed by atoms with Gasteiger partial charge < -0.3 is 14.9 Å². The molecule has 0 saturated heterocycles. The molecule has 0 heterocycles. The molecule has 0 aliphatic carbocycles. The molecule has 0 radical (unpaired) electrons. The van der Waals surface area contributed by atoms with E-state index < -0.39 is 5.97 Å². The van der Waals surface area contributed by atoms with Gasteiger partial charge in [-0.15, -0.1) is 0 Å². The van der Waals surface area contributed by atoms with Gasteiger partial charge in [-0.05, 0) is 0 Å². The first-order chi connectivity index (χ1) is 4.68. The predicted octanol–water partition coefficient (Wildman–Crippen LogP) is -0.374. The highest BCUT2D eigenvalue weighted by molar-refractivity contribution is 7.81. The lowest BCUT2D eigenvalue weighted by Gasteiger charge is -1.84. The minimum atomic E-state index is -0.881. The summed E-state index contributed by atoms with van der Waals surface area (Å²) in [5.41, 5.74) is 0. The predicted molar refractivity (Wildman–Crippen MR) is 40.5 cm³/mol. The normalized spacial score (nSPS) is 7.90. The summed E-state index contributed by atoms with van der Waals surface area (Å²) in [7, 11) is 1.55. The lowest BCUT2D eigenvalue weighted by molar-refractivity contribution is -0.133. The van der Waals surface area contributed by atoms with E-state index in [1.54, 1.807) is 7.11 Å². The highest BCUT2D eigenvalue weighted by Gasteiger charge is 1.81. The molecule has 0 spiro atoms. The van der Waals surface area contributed by atoms with Gasteiger partial charge in [0, 0.05) is 7.11 Å². The molecule has 0 aromatic carbocycles. The molecular weight excluding hydrogens is 156 g/mol. The number of hydrogen-bond donors (Lipinski definition) is 3. The number of carbonyl (C=O) groups is 1. The third kappa shape index (κ3) is 25.1. The van der Waals surface area contributed by atoms with Crippen LogP contribution in [0, 0.1) is 0 Å². The topological polar surface area (TPSA) is 66.8 Å². The minimum absolute atomic E-state index is 0.0833. The lowest BCUT2D eigenvalue weighted by Crippen LogP contribution is -1.92. The first-order valence-corrected chi connectivity index (χ1v) is 3.24. The van der Waals surface area contributed by atoms with Gasteiger partial charge in [-0.3, -0.25) is 4.79 Å². The Bertz CT molecular complexity index is 74.0. The highest BCUT2D eigenvalue weighted by Crippen LogP contribution is 1.66. The van der Waals surface area contributed by atoms with Crippen molar-refractivity contribution in [1.29, 1.82) is 0 Å². The maximum Gasteiger partial charge on any atom is 0.313 e. The SMILES string of the molecule is COCCO.O=C(O)CS. The van der Waals surface area contributed by atoms with Crippen LogP contribution in [-0.4, -0.2) is 42.3 Å². The van der Waals surface area contributed by atoms with Gasteiger partial charge in [0.05, 0.1) is 19.0 Å². The van der Waals surface area contributed by atoms with Crippen LogP contribution in [0.5, 0.6) is 0 Å². The number of hydrogen-bond acceptors (Lipinski definition) is 4. The van der Waals surface area contributed by atoms with E-state index >= 15 is 0 Å². The van der Waals surface area contributed by atoms with Crippen molar-refractivity contribution < 1.29 is 19.7 Å². The van der Waals surface area contributed by atoms with Gasteiger partial charge in [0.15, 0.2) is 0 Å². The van der Waals surface area contributed by atoms with Crippen LogP contribution in [0.1, 0.15) is 0 Å². The maximum atomic E-state index is 9.29. The fraction of sp³-hybridized carbons (Fsp3) is 0.800. The Balaban J connectivity index is 0. The van der Waals surface area contributed by atoms with Gasteiger partial charge in [0.1, 0.15) is 0 Å². The number of aliphatic hydroxyl groups excluding tert-OH is 1. The zero-order chi connectivity index (χ0) is 8.41. The van der Waals surface area contributed by atoms with Crippen molar-refractivity contribution in [2.45, 2.75) is 0 Å². The molecule has 0 aromatic heterocycles. The summed E-state index contributed by atoms with van der Waals surface area (Å²) in [4.78, 5) is 9.29. The second kappa shape index (κ2) is 11.5. The zero-order valence-electron chi connectivity index (χ0n) is 5.78. The number of thiol groups is 1. The van der Waals surface area contributed by atoms with Crippen LogP contribution in [0.25, 0.3) is 0 Å². The number of methoxy groups -OCH3 is 1. The Morgan fingerprint density at radius 1 is 1.70 bits per heavy atom. The molecule has 0 aliphatic heterocycles. The van der Waals surface area contributed by atoms with Crippen molar-refractivity contribution in [3.05, 3.63) is 0 Å². The molecule has 2 N–H and O–H groups in total. The molecule has 0 atom stereocenters. The Morgan fingerprint density at radius 3 is 2.10 bits per heavy atom. The molecule has 0 rings (SSSR count). The van der Waals surface area contributed by atoms with Gasteiger partial charge >= 0.3 is 5.97 Å². The van der Waals surface area contributed by atoms with Crippen molar-refractivity contribution in [3.63, 3.8) is 0 Å². The molecule has 0 fully saturated rings. The Hall–Kier alpha value is -0.260. The quantitative estimate of drug-likeness (QED) is 0.503. The van der Waals surface area contributed by atoms with Crippen molar-refractivity contribution in [3.8, 4) is 0 Å².